The third-order valence-electron chi connectivity index (χ3n) is 2.30. The molecule has 1 aliphatic rings. The highest BCUT2D eigenvalue weighted by atomic mass is 16.6. The first kappa shape index (κ1) is 10.3. The van der Waals surface area contributed by atoms with Gasteiger partial charge in [-0.3, -0.25) is 0 Å². The minimum atomic E-state index is -0.847. The van der Waals surface area contributed by atoms with Gasteiger partial charge in [0.05, 0.1) is 0 Å². The Labute approximate surface area is 78.4 Å². The third-order valence-corrected chi connectivity index (χ3v) is 2.30. The van der Waals surface area contributed by atoms with Gasteiger partial charge in [-0.1, -0.05) is 11.6 Å². The van der Waals surface area contributed by atoms with Crippen LogP contribution < -0.4 is 0 Å². The highest BCUT2D eigenvalue weighted by Crippen LogP contribution is 2.40. The molecule has 0 saturated carbocycles. The zero-order chi connectivity index (χ0) is 10.1. The van der Waals surface area contributed by atoms with Crippen molar-refractivity contribution in [3.63, 3.8) is 0 Å². The monoisotopic (exact) mass is 184 g/mol. The summed E-state index contributed by atoms with van der Waals surface area (Å²) < 4.78 is 5.12. The van der Waals surface area contributed by atoms with Crippen LogP contribution in [0.15, 0.2) is 11.6 Å². The minimum absolute atomic E-state index is 0.419. The smallest absolute Gasteiger partial charge is 0.335 e. The number of carboxylic acids is 1. The molecule has 0 bridgehead atoms. The summed E-state index contributed by atoms with van der Waals surface area (Å²) in [6.45, 7) is 5.92. The van der Waals surface area contributed by atoms with E-state index >= 15 is 0 Å². The summed E-state index contributed by atoms with van der Waals surface area (Å²) in [5.41, 5.74) is 0.841. The molecule has 0 aromatic carbocycles. The van der Waals surface area contributed by atoms with Gasteiger partial charge in [-0.2, -0.15) is 0 Å². The second-order valence-corrected chi connectivity index (χ2v) is 3.97. The molecular weight excluding hydrogens is 168 g/mol. The number of hydrogen-bond donors (Lipinski definition) is 1. The molecule has 1 aliphatic heterocycles. The standard InChI is InChI=1S/C10H16O3/c1-7(2)5-4-6-10(3)8(13-10)9(11)12/h5,8H,4,6H2,1-3H3,(H,11,12)/t8-,10-/m0/s1. The quantitative estimate of drug-likeness (QED) is 0.537. The molecule has 0 aliphatic carbocycles. The fourth-order valence-corrected chi connectivity index (χ4v) is 1.38. The second kappa shape index (κ2) is 3.50. The fourth-order valence-electron chi connectivity index (χ4n) is 1.38. The SMILES string of the molecule is CC(C)=CCC[C@]1(C)O[C@H]1C(=O)O. The molecule has 0 aromatic rings. The van der Waals surface area contributed by atoms with Crippen LogP contribution >= 0.6 is 0 Å². The summed E-state index contributed by atoms with van der Waals surface area (Å²) in [5, 5.41) is 8.66. The van der Waals surface area contributed by atoms with E-state index in [1.807, 2.05) is 20.8 Å². The molecule has 1 rings (SSSR count). The van der Waals surface area contributed by atoms with E-state index < -0.39 is 17.7 Å². The molecule has 3 heteroatoms. The largest absolute Gasteiger partial charge is 0.479 e. The van der Waals surface area contributed by atoms with E-state index in [0.717, 1.165) is 12.8 Å². The molecule has 3 nitrogen and oxygen atoms in total. The summed E-state index contributed by atoms with van der Waals surface area (Å²) in [5.74, 6) is -0.847. The maximum Gasteiger partial charge on any atom is 0.335 e. The van der Waals surface area contributed by atoms with Crippen molar-refractivity contribution < 1.29 is 14.6 Å². The Kier molecular flexibility index (Phi) is 2.76. The van der Waals surface area contributed by atoms with Crippen molar-refractivity contribution in [3.05, 3.63) is 11.6 Å². The van der Waals surface area contributed by atoms with Crippen molar-refractivity contribution in [1.29, 1.82) is 0 Å². The summed E-state index contributed by atoms with van der Waals surface area (Å²) in [4.78, 5) is 10.5. The maximum absolute atomic E-state index is 10.5. The van der Waals surface area contributed by atoms with Crippen LogP contribution in [-0.4, -0.2) is 22.8 Å². The average Bonchev–Trinajstić information content (AvgIpc) is 2.62. The van der Waals surface area contributed by atoms with Gasteiger partial charge < -0.3 is 9.84 Å². The van der Waals surface area contributed by atoms with Gasteiger partial charge in [-0.25, -0.2) is 4.79 Å². The predicted octanol–water partition coefficient (Wildman–Crippen LogP) is 1.97. The number of epoxide rings is 1. The lowest BCUT2D eigenvalue weighted by molar-refractivity contribution is -0.138. The van der Waals surface area contributed by atoms with E-state index in [2.05, 4.69) is 6.08 Å². The number of allylic oxidation sites excluding steroid dienone is 2. The molecule has 0 unspecified atom stereocenters. The first-order valence-electron chi connectivity index (χ1n) is 4.50. The molecule has 1 heterocycles. The average molecular weight is 184 g/mol. The van der Waals surface area contributed by atoms with Crippen LogP contribution in [0.2, 0.25) is 0 Å². The van der Waals surface area contributed by atoms with E-state index in [9.17, 15) is 4.79 Å². The van der Waals surface area contributed by atoms with Crippen LogP contribution in [0.1, 0.15) is 33.6 Å². The molecule has 1 N–H and O–H groups in total. The van der Waals surface area contributed by atoms with E-state index in [0.29, 0.717) is 0 Å². The maximum atomic E-state index is 10.5. The molecule has 1 saturated heterocycles. The number of ether oxygens (including phenoxy) is 1. The van der Waals surface area contributed by atoms with Crippen LogP contribution in [-0.2, 0) is 9.53 Å². The van der Waals surface area contributed by atoms with Crippen molar-refractivity contribution in [2.24, 2.45) is 0 Å². The molecule has 0 spiro atoms. The van der Waals surface area contributed by atoms with Crippen molar-refractivity contribution in [2.75, 3.05) is 0 Å². The van der Waals surface area contributed by atoms with E-state index in [4.69, 9.17) is 9.84 Å². The van der Waals surface area contributed by atoms with E-state index in [-0.39, 0.29) is 0 Å². The van der Waals surface area contributed by atoms with Crippen LogP contribution in [0.3, 0.4) is 0 Å². The molecule has 2 atom stereocenters. The van der Waals surface area contributed by atoms with Gasteiger partial charge in [0.1, 0.15) is 5.60 Å². The lowest BCUT2D eigenvalue weighted by Crippen LogP contribution is -2.16. The number of aliphatic carboxylic acids is 1. The van der Waals surface area contributed by atoms with Crippen LogP contribution in [0, 0.1) is 0 Å². The topological polar surface area (TPSA) is 49.8 Å². The Morgan fingerprint density at radius 1 is 1.62 bits per heavy atom. The molecule has 13 heavy (non-hydrogen) atoms. The summed E-state index contributed by atoms with van der Waals surface area (Å²) >= 11 is 0. The normalized spacial score (nSPS) is 31.2. The third kappa shape index (κ3) is 2.56. The molecule has 0 aromatic heterocycles. The summed E-state index contributed by atoms with van der Waals surface area (Å²) in [7, 11) is 0. The number of rotatable bonds is 4. The highest BCUT2D eigenvalue weighted by molar-refractivity contribution is 5.77. The van der Waals surface area contributed by atoms with Gasteiger partial charge in [0, 0.05) is 0 Å². The first-order chi connectivity index (χ1) is 5.96. The van der Waals surface area contributed by atoms with Gasteiger partial charge >= 0.3 is 5.97 Å². The van der Waals surface area contributed by atoms with Crippen LogP contribution in [0.4, 0.5) is 0 Å². The number of hydrogen-bond acceptors (Lipinski definition) is 2. The lowest BCUT2D eigenvalue weighted by atomic mass is 10.0. The van der Waals surface area contributed by atoms with Gasteiger partial charge in [0.15, 0.2) is 6.10 Å². The Morgan fingerprint density at radius 3 is 2.62 bits per heavy atom. The molecule has 74 valence electrons. The molecule has 0 amide bonds. The van der Waals surface area contributed by atoms with E-state index in [1.54, 1.807) is 0 Å². The zero-order valence-electron chi connectivity index (χ0n) is 8.33. The van der Waals surface area contributed by atoms with Crippen LogP contribution in [0.25, 0.3) is 0 Å². The highest BCUT2D eigenvalue weighted by Gasteiger charge is 2.56. The van der Waals surface area contributed by atoms with E-state index in [1.165, 1.54) is 5.57 Å². The number of carbonyl (C=O) groups is 1. The van der Waals surface area contributed by atoms with Crippen molar-refractivity contribution in [1.82, 2.24) is 0 Å². The van der Waals surface area contributed by atoms with Crippen LogP contribution in [0.5, 0.6) is 0 Å². The molecule has 0 radical (unpaired) electrons. The Balaban J connectivity index is 2.32. The van der Waals surface area contributed by atoms with Gasteiger partial charge in [-0.05, 0) is 33.6 Å². The predicted molar refractivity (Wildman–Crippen MR) is 49.6 cm³/mol. The first-order valence-corrected chi connectivity index (χ1v) is 4.50. The second-order valence-electron chi connectivity index (χ2n) is 3.97. The fraction of sp³-hybridized carbons (Fsp3) is 0.700. The minimum Gasteiger partial charge on any atom is -0.479 e. The van der Waals surface area contributed by atoms with Gasteiger partial charge in [0.25, 0.3) is 0 Å². The summed E-state index contributed by atoms with van der Waals surface area (Å²) in [6.07, 6.45) is 3.20. The zero-order valence-corrected chi connectivity index (χ0v) is 8.33. The van der Waals surface area contributed by atoms with Crippen molar-refractivity contribution >= 4 is 5.97 Å². The number of carboxylic acid groups (broad SMARTS) is 1. The van der Waals surface area contributed by atoms with Gasteiger partial charge in [0.2, 0.25) is 0 Å². The molecule has 1 fully saturated rings. The summed E-state index contributed by atoms with van der Waals surface area (Å²) in [6, 6.07) is 0. The molecular formula is C10H16O3. The van der Waals surface area contributed by atoms with Gasteiger partial charge in [-0.15, -0.1) is 0 Å². The van der Waals surface area contributed by atoms with Crippen molar-refractivity contribution in [3.8, 4) is 0 Å². The Morgan fingerprint density at radius 2 is 2.23 bits per heavy atom. The Bertz CT molecular complexity index is 241. The van der Waals surface area contributed by atoms with Crippen molar-refractivity contribution in [2.45, 2.75) is 45.3 Å². The Hall–Kier alpha value is -0.830. The lowest BCUT2D eigenvalue weighted by Gasteiger charge is -2.01.